The number of amides is 1. The van der Waals surface area contributed by atoms with Crippen LogP contribution < -0.4 is 5.73 Å². The monoisotopic (exact) mass is 282 g/mol. The molecule has 1 aliphatic rings. The van der Waals surface area contributed by atoms with Gasteiger partial charge in [0.25, 0.3) is 0 Å². The van der Waals surface area contributed by atoms with E-state index >= 15 is 0 Å². The topological polar surface area (TPSA) is 46.3 Å². The molecule has 0 bridgehead atoms. The molecule has 0 aliphatic heterocycles. The van der Waals surface area contributed by atoms with Gasteiger partial charge in [-0.1, -0.05) is 31.2 Å². The SMILES string of the molecule is CC(N)C(C)C(=O)N(C)C1Cc2ccccc2C1.Cl. The Labute approximate surface area is 121 Å². The number of nitrogens with two attached hydrogens (primary N) is 1. The molecule has 1 aliphatic carbocycles. The maximum Gasteiger partial charge on any atom is 0.226 e. The summed E-state index contributed by atoms with van der Waals surface area (Å²) in [7, 11) is 1.90. The Bertz CT molecular complexity index is 423. The highest BCUT2D eigenvalue weighted by atomic mass is 35.5. The summed E-state index contributed by atoms with van der Waals surface area (Å²) in [6.45, 7) is 3.80. The van der Waals surface area contributed by atoms with Crippen LogP contribution in [0.1, 0.15) is 25.0 Å². The number of hydrogen-bond donors (Lipinski definition) is 1. The molecule has 1 aromatic rings. The molecular weight excluding hydrogens is 260 g/mol. The summed E-state index contributed by atoms with van der Waals surface area (Å²) in [5, 5.41) is 0. The molecule has 2 atom stereocenters. The summed E-state index contributed by atoms with van der Waals surface area (Å²) in [4.78, 5) is 14.2. The second-order valence-corrected chi connectivity index (χ2v) is 5.43. The lowest BCUT2D eigenvalue weighted by Crippen LogP contribution is -2.45. The van der Waals surface area contributed by atoms with Crippen molar-refractivity contribution in [2.24, 2.45) is 11.7 Å². The van der Waals surface area contributed by atoms with Gasteiger partial charge in [-0.3, -0.25) is 4.79 Å². The predicted octanol–water partition coefficient (Wildman–Crippen LogP) is 2.02. The standard InChI is InChI=1S/C15H22N2O.ClH/c1-10(11(2)16)15(18)17(3)14-8-12-6-4-5-7-13(12)9-14;/h4-7,10-11,14H,8-9,16H2,1-3H3;1H. The molecule has 2 N–H and O–H groups in total. The third-order valence-electron chi connectivity index (χ3n) is 4.10. The van der Waals surface area contributed by atoms with E-state index in [1.165, 1.54) is 11.1 Å². The third-order valence-corrected chi connectivity index (χ3v) is 4.10. The first kappa shape index (κ1) is 16.0. The highest BCUT2D eigenvalue weighted by molar-refractivity contribution is 5.85. The maximum absolute atomic E-state index is 12.3. The van der Waals surface area contributed by atoms with E-state index in [0.717, 1.165) is 12.8 Å². The number of benzene rings is 1. The summed E-state index contributed by atoms with van der Waals surface area (Å²) in [5.41, 5.74) is 8.55. The zero-order valence-electron chi connectivity index (χ0n) is 11.8. The number of likely N-dealkylation sites (N-methyl/N-ethyl adjacent to an activating group) is 1. The van der Waals surface area contributed by atoms with Crippen LogP contribution in [-0.2, 0) is 17.6 Å². The first-order chi connectivity index (χ1) is 8.50. The molecule has 2 rings (SSSR count). The third kappa shape index (κ3) is 3.28. The molecule has 106 valence electrons. The predicted molar refractivity (Wildman–Crippen MR) is 80.5 cm³/mol. The van der Waals surface area contributed by atoms with Crippen molar-refractivity contribution in [2.45, 2.75) is 38.8 Å². The minimum Gasteiger partial charge on any atom is -0.342 e. The summed E-state index contributed by atoms with van der Waals surface area (Å²) in [6.07, 6.45) is 1.92. The van der Waals surface area contributed by atoms with Crippen molar-refractivity contribution in [3.63, 3.8) is 0 Å². The van der Waals surface area contributed by atoms with Gasteiger partial charge in [-0.25, -0.2) is 0 Å². The largest absolute Gasteiger partial charge is 0.342 e. The van der Waals surface area contributed by atoms with Crippen molar-refractivity contribution in [1.82, 2.24) is 4.90 Å². The molecule has 0 saturated heterocycles. The molecule has 3 nitrogen and oxygen atoms in total. The summed E-state index contributed by atoms with van der Waals surface area (Å²) in [6, 6.07) is 8.63. The molecular formula is C15H23ClN2O. The van der Waals surface area contributed by atoms with Crippen molar-refractivity contribution >= 4 is 18.3 Å². The number of rotatable bonds is 3. The Morgan fingerprint density at radius 3 is 2.16 bits per heavy atom. The van der Waals surface area contributed by atoms with E-state index in [4.69, 9.17) is 5.73 Å². The van der Waals surface area contributed by atoms with Crippen molar-refractivity contribution in [2.75, 3.05) is 7.05 Å². The number of nitrogens with zero attached hydrogens (tertiary/aromatic N) is 1. The number of hydrogen-bond acceptors (Lipinski definition) is 2. The molecule has 1 aromatic carbocycles. The maximum atomic E-state index is 12.3. The average molecular weight is 283 g/mol. The fourth-order valence-electron chi connectivity index (χ4n) is 2.54. The molecule has 0 heterocycles. The smallest absolute Gasteiger partial charge is 0.226 e. The van der Waals surface area contributed by atoms with Crippen molar-refractivity contribution in [1.29, 1.82) is 0 Å². The van der Waals surface area contributed by atoms with Crippen LogP contribution in [-0.4, -0.2) is 29.9 Å². The van der Waals surface area contributed by atoms with E-state index in [0.29, 0.717) is 0 Å². The number of carbonyl (C=O) groups is 1. The quantitative estimate of drug-likeness (QED) is 0.922. The van der Waals surface area contributed by atoms with Crippen molar-refractivity contribution in [3.8, 4) is 0 Å². The van der Waals surface area contributed by atoms with Gasteiger partial charge in [-0.2, -0.15) is 0 Å². The first-order valence-corrected chi connectivity index (χ1v) is 6.59. The van der Waals surface area contributed by atoms with Gasteiger partial charge < -0.3 is 10.6 Å². The molecule has 0 fully saturated rings. The summed E-state index contributed by atoms with van der Waals surface area (Å²) >= 11 is 0. The number of fused-ring (bicyclic) bond motifs is 1. The molecule has 4 heteroatoms. The Balaban J connectivity index is 0.00000180. The van der Waals surface area contributed by atoms with E-state index in [1.807, 2.05) is 25.8 Å². The van der Waals surface area contributed by atoms with Gasteiger partial charge in [0.15, 0.2) is 0 Å². The fraction of sp³-hybridized carbons (Fsp3) is 0.533. The second kappa shape index (κ2) is 6.40. The van der Waals surface area contributed by atoms with Crippen LogP contribution in [0.25, 0.3) is 0 Å². The molecule has 0 saturated carbocycles. The molecule has 1 amide bonds. The van der Waals surface area contributed by atoms with Crippen LogP contribution in [0.15, 0.2) is 24.3 Å². The molecule has 0 radical (unpaired) electrons. The van der Waals surface area contributed by atoms with Crippen LogP contribution in [0.5, 0.6) is 0 Å². The summed E-state index contributed by atoms with van der Waals surface area (Å²) < 4.78 is 0. The number of halogens is 1. The van der Waals surface area contributed by atoms with Crippen LogP contribution in [0.2, 0.25) is 0 Å². The van der Waals surface area contributed by atoms with E-state index < -0.39 is 0 Å². The highest BCUT2D eigenvalue weighted by Crippen LogP contribution is 2.25. The van der Waals surface area contributed by atoms with Crippen LogP contribution >= 0.6 is 12.4 Å². The molecule has 0 aromatic heterocycles. The van der Waals surface area contributed by atoms with E-state index in [-0.39, 0.29) is 36.3 Å². The average Bonchev–Trinajstić information content (AvgIpc) is 2.79. The Morgan fingerprint density at radius 2 is 1.74 bits per heavy atom. The van der Waals surface area contributed by atoms with Gasteiger partial charge in [0.2, 0.25) is 5.91 Å². The van der Waals surface area contributed by atoms with Gasteiger partial charge in [0, 0.05) is 19.1 Å². The summed E-state index contributed by atoms with van der Waals surface area (Å²) in [5.74, 6) is 0.0431. The lowest BCUT2D eigenvalue weighted by Gasteiger charge is -2.28. The van der Waals surface area contributed by atoms with Gasteiger partial charge in [0.1, 0.15) is 0 Å². The van der Waals surface area contributed by atoms with E-state index in [1.54, 1.807) is 0 Å². The van der Waals surface area contributed by atoms with Crippen molar-refractivity contribution < 1.29 is 4.79 Å². The lowest BCUT2D eigenvalue weighted by atomic mass is 10.0. The zero-order chi connectivity index (χ0) is 13.3. The van der Waals surface area contributed by atoms with E-state index in [2.05, 4.69) is 24.3 Å². The number of carbonyl (C=O) groups excluding carboxylic acids is 1. The lowest BCUT2D eigenvalue weighted by molar-refractivity contribution is -0.136. The zero-order valence-corrected chi connectivity index (χ0v) is 12.6. The van der Waals surface area contributed by atoms with Crippen molar-refractivity contribution in [3.05, 3.63) is 35.4 Å². The second-order valence-electron chi connectivity index (χ2n) is 5.43. The van der Waals surface area contributed by atoms with Gasteiger partial charge in [0.05, 0.1) is 5.92 Å². The highest BCUT2D eigenvalue weighted by Gasteiger charge is 2.30. The Hall–Kier alpha value is -1.06. The normalized spacial score (nSPS) is 17.3. The Morgan fingerprint density at radius 1 is 1.26 bits per heavy atom. The van der Waals surface area contributed by atoms with Gasteiger partial charge in [-0.05, 0) is 30.9 Å². The van der Waals surface area contributed by atoms with Crippen LogP contribution in [0.4, 0.5) is 0 Å². The Kier molecular flexibility index (Phi) is 5.39. The van der Waals surface area contributed by atoms with E-state index in [9.17, 15) is 4.79 Å². The van der Waals surface area contributed by atoms with Gasteiger partial charge in [-0.15, -0.1) is 12.4 Å². The van der Waals surface area contributed by atoms with Crippen LogP contribution in [0.3, 0.4) is 0 Å². The van der Waals surface area contributed by atoms with Gasteiger partial charge >= 0.3 is 0 Å². The fourth-order valence-corrected chi connectivity index (χ4v) is 2.54. The van der Waals surface area contributed by atoms with Crippen LogP contribution in [0, 0.1) is 5.92 Å². The minimum absolute atomic E-state index is 0. The minimum atomic E-state index is -0.112. The first-order valence-electron chi connectivity index (χ1n) is 6.59. The molecule has 0 spiro atoms. The molecule has 19 heavy (non-hydrogen) atoms. The molecule has 2 unspecified atom stereocenters.